The normalized spacial score (nSPS) is 15.1. The summed E-state index contributed by atoms with van der Waals surface area (Å²) >= 11 is 0. The number of fused-ring (bicyclic) bond motifs is 1. The Morgan fingerprint density at radius 1 is 0.962 bits per heavy atom. The molecule has 1 aromatic heterocycles. The lowest BCUT2D eigenvalue weighted by molar-refractivity contribution is 0.102. The molecule has 1 amide bonds. The zero-order chi connectivity index (χ0) is 17.8. The summed E-state index contributed by atoms with van der Waals surface area (Å²) in [4.78, 5) is 23.9. The first-order chi connectivity index (χ1) is 12.8. The molecule has 5 nitrogen and oxygen atoms in total. The number of anilines is 1. The van der Waals surface area contributed by atoms with Crippen molar-refractivity contribution >= 4 is 22.6 Å². The number of carbonyl (C=O) groups is 1. The number of amides is 1. The van der Waals surface area contributed by atoms with E-state index >= 15 is 0 Å². The number of para-hydroxylation sites is 2. The van der Waals surface area contributed by atoms with Crippen LogP contribution in [-0.4, -0.2) is 33.9 Å². The van der Waals surface area contributed by atoms with Crippen molar-refractivity contribution in [3.8, 4) is 0 Å². The van der Waals surface area contributed by atoms with Gasteiger partial charge >= 0.3 is 0 Å². The number of rotatable bonds is 4. The van der Waals surface area contributed by atoms with E-state index in [9.17, 15) is 4.79 Å². The van der Waals surface area contributed by atoms with Crippen molar-refractivity contribution < 1.29 is 4.79 Å². The Bertz CT molecular complexity index is 913. The van der Waals surface area contributed by atoms with E-state index in [1.165, 1.54) is 19.3 Å². The summed E-state index contributed by atoms with van der Waals surface area (Å²) in [5, 5.41) is 3.08. The molecular weight excluding hydrogens is 324 g/mol. The van der Waals surface area contributed by atoms with Gasteiger partial charge in [-0.15, -0.1) is 0 Å². The zero-order valence-corrected chi connectivity index (χ0v) is 14.7. The van der Waals surface area contributed by atoms with Crippen molar-refractivity contribution in [2.45, 2.75) is 25.8 Å². The van der Waals surface area contributed by atoms with Crippen molar-refractivity contribution in [2.75, 3.05) is 18.4 Å². The molecule has 1 aliphatic rings. The monoisotopic (exact) mass is 346 g/mol. The van der Waals surface area contributed by atoms with Crippen molar-refractivity contribution in [2.24, 2.45) is 0 Å². The standard InChI is InChI=1S/C21H22N4O/c26-21(17-8-6-10-19-20(17)23-12-11-22-19)24-18-9-3-2-7-16(18)15-25-13-4-1-5-14-25/h2-3,6-12H,1,4-5,13-15H2,(H,24,26). The third-order valence-corrected chi connectivity index (χ3v) is 4.85. The largest absolute Gasteiger partial charge is 0.322 e. The average molecular weight is 346 g/mol. The maximum Gasteiger partial charge on any atom is 0.257 e. The molecule has 132 valence electrons. The number of hydrogen-bond acceptors (Lipinski definition) is 4. The van der Waals surface area contributed by atoms with Crippen molar-refractivity contribution in [3.63, 3.8) is 0 Å². The van der Waals surface area contributed by atoms with Crippen LogP contribution in [0, 0.1) is 0 Å². The van der Waals surface area contributed by atoms with Gasteiger partial charge in [-0.25, -0.2) is 0 Å². The van der Waals surface area contributed by atoms with Crippen LogP contribution in [0.25, 0.3) is 11.0 Å². The molecule has 3 aromatic rings. The van der Waals surface area contributed by atoms with Crippen LogP contribution in [0.5, 0.6) is 0 Å². The molecule has 0 bridgehead atoms. The maximum absolute atomic E-state index is 12.9. The Kier molecular flexibility index (Phi) is 4.88. The Morgan fingerprint density at radius 2 is 1.77 bits per heavy atom. The molecule has 1 aliphatic heterocycles. The fourth-order valence-electron chi connectivity index (χ4n) is 3.50. The minimum atomic E-state index is -0.151. The van der Waals surface area contributed by atoms with Gasteiger partial charge in [-0.1, -0.05) is 30.7 Å². The van der Waals surface area contributed by atoms with E-state index in [-0.39, 0.29) is 5.91 Å². The summed E-state index contributed by atoms with van der Waals surface area (Å²) < 4.78 is 0. The SMILES string of the molecule is O=C(Nc1ccccc1CN1CCCCC1)c1cccc2nccnc12. The summed E-state index contributed by atoms with van der Waals surface area (Å²) in [5.74, 6) is -0.151. The number of likely N-dealkylation sites (tertiary alicyclic amines) is 1. The lowest BCUT2D eigenvalue weighted by Crippen LogP contribution is -2.29. The number of nitrogens with one attached hydrogen (secondary N) is 1. The summed E-state index contributed by atoms with van der Waals surface area (Å²) in [7, 11) is 0. The van der Waals surface area contributed by atoms with Gasteiger partial charge in [0.15, 0.2) is 0 Å². The predicted octanol–water partition coefficient (Wildman–Crippen LogP) is 3.87. The van der Waals surface area contributed by atoms with Gasteiger partial charge < -0.3 is 5.32 Å². The van der Waals surface area contributed by atoms with Crippen LogP contribution >= 0.6 is 0 Å². The first-order valence-electron chi connectivity index (χ1n) is 9.12. The van der Waals surface area contributed by atoms with Crippen molar-refractivity contribution in [1.82, 2.24) is 14.9 Å². The van der Waals surface area contributed by atoms with Gasteiger partial charge in [0, 0.05) is 24.6 Å². The third-order valence-electron chi connectivity index (χ3n) is 4.85. The molecule has 4 rings (SSSR count). The number of hydrogen-bond donors (Lipinski definition) is 1. The van der Waals surface area contributed by atoms with Gasteiger partial charge in [-0.3, -0.25) is 19.7 Å². The highest BCUT2D eigenvalue weighted by atomic mass is 16.1. The molecule has 2 heterocycles. The fourth-order valence-corrected chi connectivity index (χ4v) is 3.50. The van der Waals surface area contributed by atoms with Crippen LogP contribution in [0.15, 0.2) is 54.9 Å². The van der Waals surface area contributed by atoms with Crippen LogP contribution < -0.4 is 5.32 Å². The molecule has 26 heavy (non-hydrogen) atoms. The van der Waals surface area contributed by atoms with Crippen LogP contribution in [0.3, 0.4) is 0 Å². The summed E-state index contributed by atoms with van der Waals surface area (Å²) in [6, 6.07) is 13.5. The molecule has 0 aliphatic carbocycles. The lowest BCUT2D eigenvalue weighted by atomic mass is 10.1. The summed E-state index contributed by atoms with van der Waals surface area (Å²) in [6.45, 7) is 3.12. The minimum Gasteiger partial charge on any atom is -0.322 e. The molecule has 5 heteroatoms. The van der Waals surface area contributed by atoms with E-state index in [1.54, 1.807) is 18.5 Å². The molecular formula is C21H22N4O. The quantitative estimate of drug-likeness (QED) is 0.779. The van der Waals surface area contributed by atoms with Gasteiger partial charge in [0.2, 0.25) is 0 Å². The van der Waals surface area contributed by atoms with Crippen LogP contribution in [-0.2, 0) is 6.54 Å². The van der Waals surface area contributed by atoms with Crippen molar-refractivity contribution in [1.29, 1.82) is 0 Å². The first kappa shape index (κ1) is 16.7. The lowest BCUT2D eigenvalue weighted by Gasteiger charge is -2.27. The van der Waals surface area contributed by atoms with E-state index in [0.717, 1.165) is 36.4 Å². The Labute approximate surface area is 153 Å². The molecule has 0 radical (unpaired) electrons. The van der Waals surface area contributed by atoms with Gasteiger partial charge in [0.1, 0.15) is 5.52 Å². The number of benzene rings is 2. The van der Waals surface area contributed by atoms with Crippen LogP contribution in [0.1, 0.15) is 35.2 Å². The Balaban J connectivity index is 1.57. The second kappa shape index (κ2) is 7.62. The molecule has 0 unspecified atom stereocenters. The highest BCUT2D eigenvalue weighted by Gasteiger charge is 2.16. The highest BCUT2D eigenvalue weighted by molar-refractivity contribution is 6.11. The third kappa shape index (κ3) is 3.58. The van der Waals surface area contributed by atoms with Gasteiger partial charge in [0.05, 0.1) is 11.1 Å². The van der Waals surface area contributed by atoms with Crippen LogP contribution in [0.4, 0.5) is 5.69 Å². The van der Waals surface area contributed by atoms with E-state index in [1.807, 2.05) is 30.3 Å². The molecule has 1 saturated heterocycles. The fraction of sp³-hybridized carbons (Fsp3) is 0.286. The minimum absolute atomic E-state index is 0.151. The van der Waals surface area contributed by atoms with Crippen LogP contribution in [0.2, 0.25) is 0 Å². The summed E-state index contributed by atoms with van der Waals surface area (Å²) in [5.41, 5.74) is 3.91. The highest BCUT2D eigenvalue weighted by Crippen LogP contribution is 2.22. The maximum atomic E-state index is 12.9. The van der Waals surface area contributed by atoms with Crippen molar-refractivity contribution in [3.05, 3.63) is 66.0 Å². The number of piperidine rings is 1. The predicted molar refractivity (Wildman–Crippen MR) is 103 cm³/mol. The molecule has 0 spiro atoms. The molecule has 1 fully saturated rings. The molecule has 2 aromatic carbocycles. The first-order valence-corrected chi connectivity index (χ1v) is 9.12. The topological polar surface area (TPSA) is 58.1 Å². The average Bonchev–Trinajstić information content (AvgIpc) is 2.70. The molecule has 0 saturated carbocycles. The zero-order valence-electron chi connectivity index (χ0n) is 14.7. The van der Waals surface area contributed by atoms with Gasteiger partial charge in [-0.05, 0) is 49.7 Å². The molecule has 0 atom stereocenters. The Hall–Kier alpha value is -2.79. The van der Waals surface area contributed by atoms with E-state index in [2.05, 4.69) is 26.3 Å². The summed E-state index contributed by atoms with van der Waals surface area (Å²) in [6.07, 6.45) is 7.07. The second-order valence-corrected chi connectivity index (χ2v) is 6.68. The Morgan fingerprint density at radius 3 is 2.65 bits per heavy atom. The van der Waals surface area contributed by atoms with Gasteiger partial charge in [0.25, 0.3) is 5.91 Å². The van der Waals surface area contributed by atoms with E-state index in [4.69, 9.17) is 0 Å². The number of aromatic nitrogens is 2. The number of carbonyl (C=O) groups excluding carboxylic acids is 1. The molecule has 1 N–H and O–H groups in total. The number of nitrogens with zero attached hydrogens (tertiary/aromatic N) is 3. The smallest absolute Gasteiger partial charge is 0.257 e. The second-order valence-electron chi connectivity index (χ2n) is 6.68. The van der Waals surface area contributed by atoms with E-state index < -0.39 is 0 Å². The van der Waals surface area contributed by atoms with E-state index in [0.29, 0.717) is 11.1 Å². The van der Waals surface area contributed by atoms with Gasteiger partial charge in [-0.2, -0.15) is 0 Å².